The summed E-state index contributed by atoms with van der Waals surface area (Å²) in [6.07, 6.45) is 1.84. The van der Waals surface area contributed by atoms with Gasteiger partial charge in [0.15, 0.2) is 6.29 Å². The quantitative estimate of drug-likeness (QED) is 0.511. The first-order chi connectivity index (χ1) is 7.40. The summed E-state index contributed by atoms with van der Waals surface area (Å²) in [6, 6.07) is 7.23. The van der Waals surface area contributed by atoms with Crippen molar-refractivity contribution >= 4 is 6.29 Å². The van der Waals surface area contributed by atoms with Gasteiger partial charge in [-0.3, -0.25) is 4.79 Å². The fourth-order valence-electron chi connectivity index (χ4n) is 1.11. The Kier molecular flexibility index (Phi) is 2.56. The van der Waals surface area contributed by atoms with Gasteiger partial charge in [0.2, 0.25) is 12.2 Å². The van der Waals surface area contributed by atoms with Gasteiger partial charge in [-0.25, -0.2) is 0 Å². The molecule has 0 aliphatic rings. The number of aromatic nitrogens is 2. The Hall–Kier alpha value is -2.41. The molecule has 0 N–H and O–H groups in total. The number of carbonyl (C=O) groups excluding carboxylic acids is 1. The van der Waals surface area contributed by atoms with Crippen LogP contribution in [-0.4, -0.2) is 16.4 Å². The third kappa shape index (κ3) is 2.09. The lowest BCUT2D eigenvalue weighted by Crippen LogP contribution is -1.81. The van der Waals surface area contributed by atoms with Crippen LogP contribution in [0.15, 0.2) is 35.2 Å². The van der Waals surface area contributed by atoms with Crippen molar-refractivity contribution in [1.82, 2.24) is 10.1 Å². The number of aldehydes is 1. The molecule has 2 aromatic rings. The zero-order valence-corrected chi connectivity index (χ0v) is 7.68. The number of hydrogen-bond donors (Lipinski definition) is 0. The van der Waals surface area contributed by atoms with Gasteiger partial charge in [0.05, 0.1) is 0 Å². The fraction of sp³-hybridized carbons (Fsp3) is 0. The van der Waals surface area contributed by atoms with Gasteiger partial charge in [0, 0.05) is 11.1 Å². The summed E-state index contributed by atoms with van der Waals surface area (Å²) < 4.78 is 4.63. The minimum atomic E-state index is 0.532. The molecule has 2 rings (SSSR count). The van der Waals surface area contributed by atoms with Crippen LogP contribution >= 0.6 is 0 Å². The zero-order chi connectivity index (χ0) is 10.5. The molecule has 4 nitrogen and oxygen atoms in total. The molecule has 1 aromatic carbocycles. The molecule has 0 aliphatic carbocycles. The van der Waals surface area contributed by atoms with Crippen LogP contribution < -0.4 is 0 Å². The van der Waals surface area contributed by atoms with E-state index in [1.165, 1.54) is 6.39 Å². The minimum absolute atomic E-state index is 0.532. The molecular formula is C11H6N2O2. The molecule has 0 bridgehead atoms. The second-order valence-electron chi connectivity index (χ2n) is 2.72. The average Bonchev–Trinajstić information content (AvgIpc) is 2.80. The summed E-state index contributed by atoms with van der Waals surface area (Å²) in [5.41, 5.74) is 1.62. The Morgan fingerprint density at radius 1 is 1.27 bits per heavy atom. The van der Waals surface area contributed by atoms with E-state index < -0.39 is 0 Å². The van der Waals surface area contributed by atoms with Crippen molar-refractivity contribution in [1.29, 1.82) is 0 Å². The van der Waals surface area contributed by atoms with Crippen LogP contribution in [0.1, 0.15) is 5.56 Å². The Bertz CT molecular complexity index is 504. The molecule has 0 fully saturated rings. The molecule has 0 spiro atoms. The van der Waals surface area contributed by atoms with E-state index in [9.17, 15) is 4.79 Å². The van der Waals surface area contributed by atoms with E-state index in [0.29, 0.717) is 12.1 Å². The molecular weight excluding hydrogens is 192 g/mol. The van der Waals surface area contributed by atoms with E-state index in [1.807, 2.05) is 12.1 Å². The van der Waals surface area contributed by atoms with Crippen molar-refractivity contribution in [3.05, 3.63) is 36.2 Å². The van der Waals surface area contributed by atoms with Gasteiger partial charge in [0.1, 0.15) is 0 Å². The molecule has 1 aromatic heterocycles. The lowest BCUT2D eigenvalue weighted by molar-refractivity contribution is -0.103. The van der Waals surface area contributed by atoms with Crippen molar-refractivity contribution < 1.29 is 9.32 Å². The largest absolute Gasteiger partial charge is 0.342 e. The molecule has 0 radical (unpaired) electrons. The summed E-state index contributed by atoms with van der Waals surface area (Å²) in [7, 11) is 0. The molecule has 0 saturated carbocycles. The number of benzene rings is 1. The molecule has 0 saturated heterocycles. The maximum absolute atomic E-state index is 10.0. The molecule has 0 amide bonds. The van der Waals surface area contributed by atoms with Crippen LogP contribution in [-0.2, 0) is 4.79 Å². The maximum atomic E-state index is 10.0. The van der Waals surface area contributed by atoms with E-state index in [1.54, 1.807) is 12.1 Å². The smallest absolute Gasteiger partial charge is 0.214 e. The monoisotopic (exact) mass is 198 g/mol. The van der Waals surface area contributed by atoms with Gasteiger partial charge >= 0.3 is 0 Å². The summed E-state index contributed by atoms with van der Waals surface area (Å²) in [6.45, 7) is 0. The first kappa shape index (κ1) is 9.16. The normalized spacial score (nSPS) is 9.07. The molecule has 0 atom stereocenters. The Morgan fingerprint density at radius 2 is 2.07 bits per heavy atom. The van der Waals surface area contributed by atoms with Gasteiger partial charge in [-0.15, -0.1) is 0 Å². The molecule has 15 heavy (non-hydrogen) atoms. The highest BCUT2D eigenvalue weighted by atomic mass is 16.5. The highest BCUT2D eigenvalue weighted by Crippen LogP contribution is 2.14. The van der Waals surface area contributed by atoms with Gasteiger partial charge < -0.3 is 4.52 Å². The van der Waals surface area contributed by atoms with Gasteiger partial charge in [0.25, 0.3) is 0 Å². The van der Waals surface area contributed by atoms with Crippen LogP contribution in [0.4, 0.5) is 0 Å². The van der Waals surface area contributed by atoms with Crippen LogP contribution in [0.25, 0.3) is 11.4 Å². The van der Waals surface area contributed by atoms with Crippen molar-refractivity contribution in [2.75, 3.05) is 0 Å². The zero-order valence-electron chi connectivity index (χ0n) is 7.68. The van der Waals surface area contributed by atoms with E-state index in [0.717, 1.165) is 11.1 Å². The van der Waals surface area contributed by atoms with Gasteiger partial charge in [-0.1, -0.05) is 11.1 Å². The lowest BCUT2D eigenvalue weighted by Gasteiger charge is -1.93. The van der Waals surface area contributed by atoms with Crippen LogP contribution in [0, 0.1) is 11.8 Å². The molecule has 1 heterocycles. The summed E-state index contributed by atoms with van der Waals surface area (Å²) in [5, 5.41) is 3.70. The van der Waals surface area contributed by atoms with Crippen molar-refractivity contribution in [2.24, 2.45) is 0 Å². The van der Waals surface area contributed by atoms with Crippen LogP contribution in [0.5, 0.6) is 0 Å². The second-order valence-corrected chi connectivity index (χ2v) is 2.72. The van der Waals surface area contributed by atoms with E-state index in [-0.39, 0.29) is 0 Å². The average molecular weight is 198 g/mol. The third-order valence-corrected chi connectivity index (χ3v) is 1.78. The highest BCUT2D eigenvalue weighted by molar-refractivity contribution is 5.74. The molecule has 4 heteroatoms. The molecule has 0 unspecified atom stereocenters. The number of rotatable bonds is 1. The minimum Gasteiger partial charge on any atom is -0.342 e. The number of carbonyl (C=O) groups is 1. The third-order valence-electron chi connectivity index (χ3n) is 1.78. The van der Waals surface area contributed by atoms with E-state index in [2.05, 4.69) is 26.5 Å². The van der Waals surface area contributed by atoms with E-state index >= 15 is 0 Å². The van der Waals surface area contributed by atoms with Gasteiger partial charge in [-0.2, -0.15) is 4.98 Å². The van der Waals surface area contributed by atoms with Crippen LogP contribution in [0.2, 0.25) is 0 Å². The highest BCUT2D eigenvalue weighted by Gasteiger charge is 2.01. The summed E-state index contributed by atoms with van der Waals surface area (Å²) >= 11 is 0. The Morgan fingerprint density at radius 3 is 2.67 bits per heavy atom. The summed E-state index contributed by atoms with van der Waals surface area (Å²) in [5.74, 6) is 5.56. The van der Waals surface area contributed by atoms with E-state index in [4.69, 9.17) is 0 Å². The topological polar surface area (TPSA) is 56.0 Å². The molecule has 0 aliphatic heterocycles. The van der Waals surface area contributed by atoms with Crippen LogP contribution in [0.3, 0.4) is 0 Å². The predicted molar refractivity (Wildman–Crippen MR) is 52.7 cm³/mol. The molecule has 72 valence electrons. The Labute approximate surface area is 85.9 Å². The van der Waals surface area contributed by atoms with Crippen molar-refractivity contribution in [3.63, 3.8) is 0 Å². The fourth-order valence-corrected chi connectivity index (χ4v) is 1.11. The van der Waals surface area contributed by atoms with Gasteiger partial charge in [-0.05, 0) is 30.2 Å². The van der Waals surface area contributed by atoms with Crippen molar-refractivity contribution in [3.8, 4) is 23.2 Å². The number of nitrogens with zero attached hydrogens (tertiary/aromatic N) is 2. The SMILES string of the molecule is O=CC#Cc1ccc(-c2ncon2)cc1. The summed E-state index contributed by atoms with van der Waals surface area (Å²) in [4.78, 5) is 13.9. The standard InChI is InChI=1S/C11H6N2O2/c14-7-1-2-9-3-5-10(6-4-9)11-12-8-15-13-11/h3-8H. The first-order valence-electron chi connectivity index (χ1n) is 4.22. The second kappa shape index (κ2) is 4.20. The lowest BCUT2D eigenvalue weighted by atomic mass is 10.1. The maximum Gasteiger partial charge on any atom is 0.214 e. The predicted octanol–water partition coefficient (Wildman–Crippen LogP) is 1.29. The number of hydrogen-bond acceptors (Lipinski definition) is 4. The van der Waals surface area contributed by atoms with Crippen molar-refractivity contribution in [2.45, 2.75) is 0 Å². The Balaban J connectivity index is 2.28. The first-order valence-corrected chi connectivity index (χ1v) is 4.22.